The van der Waals surface area contributed by atoms with Gasteiger partial charge in [-0.3, -0.25) is 0 Å². The van der Waals surface area contributed by atoms with E-state index in [9.17, 15) is 0 Å². The van der Waals surface area contributed by atoms with E-state index < -0.39 is 0 Å². The summed E-state index contributed by atoms with van der Waals surface area (Å²) in [6.45, 7) is 1.63. The Morgan fingerprint density at radius 2 is 1.17 bits per heavy atom. The highest BCUT2D eigenvalue weighted by atomic mass is 16.5. The molecule has 2 heterocycles. The maximum atomic E-state index is 5.54. The summed E-state index contributed by atoms with van der Waals surface area (Å²) in [5, 5.41) is 0. The topological polar surface area (TPSA) is 18.5 Å². The summed E-state index contributed by atoms with van der Waals surface area (Å²) in [5.74, 6) is 2.09. The molecule has 2 aromatic carbocycles. The van der Waals surface area contributed by atoms with Crippen molar-refractivity contribution in [2.24, 2.45) is 0 Å². The number of hydrogen-bond donors (Lipinski definition) is 0. The minimum Gasteiger partial charge on any atom is -0.493 e. The Kier molecular flexibility index (Phi) is 2.10. The maximum Gasteiger partial charge on any atom is 0.122 e. The fraction of sp³-hybridized carbons (Fsp3) is 0.250. The molecule has 0 aromatic heterocycles. The van der Waals surface area contributed by atoms with Gasteiger partial charge in [0, 0.05) is 12.8 Å². The van der Waals surface area contributed by atoms with E-state index in [1.807, 2.05) is 0 Å². The second kappa shape index (κ2) is 3.77. The molecule has 2 heteroatoms. The van der Waals surface area contributed by atoms with Crippen molar-refractivity contribution in [2.45, 2.75) is 12.8 Å². The number of ether oxygens (including phenoxy) is 2. The van der Waals surface area contributed by atoms with Crippen LogP contribution in [0.5, 0.6) is 11.5 Å². The van der Waals surface area contributed by atoms with Gasteiger partial charge in [-0.05, 0) is 46.5 Å². The van der Waals surface area contributed by atoms with Crippen molar-refractivity contribution in [3.8, 4) is 22.6 Å². The lowest BCUT2D eigenvalue weighted by Crippen LogP contribution is -1.85. The number of rotatable bonds is 1. The van der Waals surface area contributed by atoms with Crippen LogP contribution in [0.1, 0.15) is 11.1 Å². The summed E-state index contributed by atoms with van der Waals surface area (Å²) in [7, 11) is 0. The molecule has 0 saturated heterocycles. The van der Waals surface area contributed by atoms with Gasteiger partial charge in [0.25, 0.3) is 0 Å². The highest BCUT2D eigenvalue weighted by Gasteiger charge is 2.15. The number of hydrogen-bond acceptors (Lipinski definition) is 2. The van der Waals surface area contributed by atoms with Crippen LogP contribution in [0.25, 0.3) is 11.1 Å². The van der Waals surface area contributed by atoms with Crippen molar-refractivity contribution in [1.82, 2.24) is 0 Å². The van der Waals surface area contributed by atoms with Crippen LogP contribution in [0.4, 0.5) is 0 Å². The van der Waals surface area contributed by atoms with Crippen molar-refractivity contribution < 1.29 is 9.47 Å². The van der Waals surface area contributed by atoms with Crippen molar-refractivity contribution in [1.29, 1.82) is 0 Å². The maximum absolute atomic E-state index is 5.54. The Morgan fingerprint density at radius 3 is 1.67 bits per heavy atom. The van der Waals surface area contributed by atoms with Crippen LogP contribution in [-0.4, -0.2) is 13.2 Å². The van der Waals surface area contributed by atoms with Crippen LogP contribution >= 0.6 is 0 Å². The molecule has 0 unspecified atom stereocenters. The molecular formula is C16H14O2. The molecular weight excluding hydrogens is 224 g/mol. The average molecular weight is 238 g/mol. The van der Waals surface area contributed by atoms with E-state index in [4.69, 9.17) is 9.47 Å². The Morgan fingerprint density at radius 1 is 0.667 bits per heavy atom. The molecule has 2 aromatic rings. The molecule has 0 radical (unpaired) electrons. The van der Waals surface area contributed by atoms with Gasteiger partial charge >= 0.3 is 0 Å². The van der Waals surface area contributed by atoms with E-state index >= 15 is 0 Å². The molecule has 0 fully saturated rings. The summed E-state index contributed by atoms with van der Waals surface area (Å²) < 4.78 is 11.1. The van der Waals surface area contributed by atoms with E-state index in [0.29, 0.717) is 0 Å². The zero-order chi connectivity index (χ0) is 11.9. The number of benzene rings is 2. The van der Waals surface area contributed by atoms with Crippen molar-refractivity contribution in [2.75, 3.05) is 13.2 Å². The Bertz CT molecular complexity index is 561. The lowest BCUT2D eigenvalue weighted by atomic mass is 9.99. The fourth-order valence-corrected chi connectivity index (χ4v) is 2.73. The largest absolute Gasteiger partial charge is 0.493 e. The van der Waals surface area contributed by atoms with Gasteiger partial charge in [-0.15, -0.1) is 0 Å². The Balaban J connectivity index is 1.78. The van der Waals surface area contributed by atoms with E-state index in [1.165, 1.54) is 22.3 Å². The average Bonchev–Trinajstić information content (AvgIpc) is 3.05. The number of fused-ring (bicyclic) bond motifs is 2. The molecule has 2 aliphatic heterocycles. The van der Waals surface area contributed by atoms with Gasteiger partial charge in [0.1, 0.15) is 11.5 Å². The van der Waals surface area contributed by atoms with E-state index in [2.05, 4.69) is 36.4 Å². The summed E-state index contributed by atoms with van der Waals surface area (Å²) in [6, 6.07) is 13.0. The summed E-state index contributed by atoms with van der Waals surface area (Å²) in [6.07, 6.45) is 2.05. The predicted molar refractivity (Wildman–Crippen MR) is 70.3 cm³/mol. The zero-order valence-corrected chi connectivity index (χ0v) is 10.1. The highest BCUT2D eigenvalue weighted by molar-refractivity contribution is 5.68. The smallest absolute Gasteiger partial charge is 0.122 e. The van der Waals surface area contributed by atoms with Crippen LogP contribution < -0.4 is 9.47 Å². The molecule has 4 rings (SSSR count). The first-order valence-electron chi connectivity index (χ1n) is 6.42. The minimum atomic E-state index is 0.816. The van der Waals surface area contributed by atoms with Crippen molar-refractivity contribution in [3.05, 3.63) is 47.5 Å². The molecule has 0 aliphatic carbocycles. The second-order valence-electron chi connectivity index (χ2n) is 4.84. The van der Waals surface area contributed by atoms with Crippen LogP contribution in [0, 0.1) is 0 Å². The third-order valence-corrected chi connectivity index (χ3v) is 3.71. The monoisotopic (exact) mass is 238 g/mol. The van der Waals surface area contributed by atoms with Gasteiger partial charge in [0.15, 0.2) is 0 Å². The standard InChI is InChI=1S/C16H14O2/c1-3-15-13(5-7-17-15)9-11(1)12-2-4-16-14(10-12)6-8-18-16/h1-4,9-10H,5-8H2. The van der Waals surface area contributed by atoms with Gasteiger partial charge in [-0.25, -0.2) is 0 Å². The van der Waals surface area contributed by atoms with Crippen molar-refractivity contribution >= 4 is 0 Å². The fourth-order valence-electron chi connectivity index (χ4n) is 2.73. The molecule has 0 saturated carbocycles. The molecule has 0 atom stereocenters. The van der Waals surface area contributed by atoms with Crippen LogP contribution in [0.3, 0.4) is 0 Å². The third kappa shape index (κ3) is 1.49. The first kappa shape index (κ1) is 10.0. The zero-order valence-electron chi connectivity index (χ0n) is 10.1. The van der Waals surface area contributed by atoms with Crippen LogP contribution in [0.15, 0.2) is 36.4 Å². The second-order valence-corrected chi connectivity index (χ2v) is 4.84. The molecule has 0 spiro atoms. The lowest BCUT2D eigenvalue weighted by molar-refractivity contribution is 0.356. The summed E-state index contributed by atoms with van der Waals surface area (Å²) in [4.78, 5) is 0. The first-order chi connectivity index (χ1) is 8.90. The van der Waals surface area contributed by atoms with Gasteiger partial charge in [0.05, 0.1) is 13.2 Å². The van der Waals surface area contributed by atoms with Crippen LogP contribution in [0.2, 0.25) is 0 Å². The van der Waals surface area contributed by atoms with Gasteiger partial charge in [0.2, 0.25) is 0 Å². The molecule has 0 bridgehead atoms. The van der Waals surface area contributed by atoms with E-state index in [0.717, 1.165) is 37.6 Å². The molecule has 0 amide bonds. The quantitative estimate of drug-likeness (QED) is 0.759. The van der Waals surface area contributed by atoms with Crippen LogP contribution in [-0.2, 0) is 12.8 Å². The summed E-state index contributed by atoms with van der Waals surface area (Å²) in [5.41, 5.74) is 5.19. The Labute approximate surface area is 106 Å². The molecule has 90 valence electrons. The molecule has 2 nitrogen and oxygen atoms in total. The third-order valence-electron chi connectivity index (χ3n) is 3.71. The summed E-state index contributed by atoms with van der Waals surface area (Å²) >= 11 is 0. The highest BCUT2D eigenvalue weighted by Crippen LogP contribution is 2.33. The minimum absolute atomic E-state index is 0.816. The molecule has 18 heavy (non-hydrogen) atoms. The lowest BCUT2D eigenvalue weighted by Gasteiger charge is -2.06. The first-order valence-corrected chi connectivity index (χ1v) is 6.42. The van der Waals surface area contributed by atoms with Gasteiger partial charge in [-0.1, -0.05) is 12.1 Å². The van der Waals surface area contributed by atoms with Gasteiger partial charge < -0.3 is 9.47 Å². The predicted octanol–water partition coefficient (Wildman–Crippen LogP) is 3.22. The SMILES string of the molecule is c1cc2c(cc1-c1ccc3c(c1)CCO3)CCO2. The Hall–Kier alpha value is -1.96. The van der Waals surface area contributed by atoms with Crippen molar-refractivity contribution in [3.63, 3.8) is 0 Å². The molecule has 2 aliphatic rings. The molecule has 0 N–H and O–H groups in total. The normalized spacial score (nSPS) is 15.8. The van der Waals surface area contributed by atoms with E-state index in [-0.39, 0.29) is 0 Å². The van der Waals surface area contributed by atoms with E-state index in [1.54, 1.807) is 0 Å². The van der Waals surface area contributed by atoms with Gasteiger partial charge in [-0.2, -0.15) is 0 Å².